The van der Waals surface area contributed by atoms with Gasteiger partial charge in [0.2, 0.25) is 0 Å². The second kappa shape index (κ2) is 8.21. The number of nitrogens with one attached hydrogen (secondary N) is 1. The van der Waals surface area contributed by atoms with Gasteiger partial charge in [-0.25, -0.2) is 14.0 Å². The maximum absolute atomic E-state index is 13.7. The lowest BCUT2D eigenvalue weighted by Crippen LogP contribution is -2.32. The second-order valence-corrected chi connectivity index (χ2v) is 4.64. The molecule has 1 aromatic rings. The highest BCUT2D eigenvalue weighted by Gasteiger charge is 2.13. The highest BCUT2D eigenvalue weighted by Crippen LogP contribution is 2.16. The van der Waals surface area contributed by atoms with Crippen molar-refractivity contribution >= 4 is 17.7 Å². The molecule has 0 saturated carbocycles. The lowest BCUT2D eigenvalue weighted by molar-refractivity contribution is 0.0696. The van der Waals surface area contributed by atoms with Gasteiger partial charge in [0.15, 0.2) is 0 Å². The molecule has 21 heavy (non-hydrogen) atoms. The van der Waals surface area contributed by atoms with E-state index in [0.717, 1.165) is 18.9 Å². The van der Waals surface area contributed by atoms with Crippen molar-refractivity contribution in [2.45, 2.75) is 19.3 Å². The summed E-state index contributed by atoms with van der Waals surface area (Å²) in [6, 6.07) is 2.83. The number of amides is 2. The molecule has 0 saturated heterocycles. The number of carboxylic acid groups (broad SMARTS) is 1. The summed E-state index contributed by atoms with van der Waals surface area (Å²) >= 11 is 0. The van der Waals surface area contributed by atoms with Crippen molar-refractivity contribution in [1.82, 2.24) is 4.90 Å². The van der Waals surface area contributed by atoms with Gasteiger partial charge in [0.1, 0.15) is 5.82 Å². The van der Waals surface area contributed by atoms with E-state index in [0.29, 0.717) is 13.0 Å². The van der Waals surface area contributed by atoms with Gasteiger partial charge in [-0.2, -0.15) is 0 Å². The first-order valence-corrected chi connectivity index (χ1v) is 6.61. The minimum Gasteiger partial charge on any atom is -0.478 e. The number of carbonyl (C=O) groups excluding carboxylic acids is 1. The quantitative estimate of drug-likeness (QED) is 0.673. The molecule has 1 rings (SSSR count). The van der Waals surface area contributed by atoms with E-state index in [-0.39, 0.29) is 17.9 Å². The molecule has 0 aliphatic rings. The van der Waals surface area contributed by atoms with Crippen molar-refractivity contribution < 1.29 is 24.2 Å². The third kappa shape index (κ3) is 5.39. The van der Waals surface area contributed by atoms with E-state index < -0.39 is 17.8 Å². The number of nitrogens with zero attached hydrogens (tertiary/aromatic N) is 1. The van der Waals surface area contributed by atoms with Crippen LogP contribution < -0.4 is 5.32 Å². The molecule has 2 amide bonds. The van der Waals surface area contributed by atoms with Crippen molar-refractivity contribution in [2.24, 2.45) is 0 Å². The number of urea groups is 1. The first-order valence-electron chi connectivity index (χ1n) is 6.61. The lowest BCUT2D eigenvalue weighted by Gasteiger charge is -2.18. The van der Waals surface area contributed by atoms with Gasteiger partial charge in [-0.05, 0) is 37.5 Å². The third-order valence-corrected chi connectivity index (χ3v) is 2.96. The van der Waals surface area contributed by atoms with Gasteiger partial charge in [-0.1, -0.05) is 0 Å². The normalized spacial score (nSPS) is 10.2. The molecule has 0 aliphatic carbocycles. The highest BCUT2D eigenvalue weighted by atomic mass is 19.1. The van der Waals surface area contributed by atoms with Gasteiger partial charge in [0, 0.05) is 20.2 Å². The van der Waals surface area contributed by atoms with E-state index in [9.17, 15) is 14.0 Å². The summed E-state index contributed by atoms with van der Waals surface area (Å²) in [5.41, 5.74) is -0.241. The fraction of sp³-hybridized carbons (Fsp3) is 0.429. The van der Waals surface area contributed by atoms with Crippen LogP contribution in [0.4, 0.5) is 14.9 Å². The Hall–Kier alpha value is -2.15. The van der Waals surface area contributed by atoms with Crippen LogP contribution in [0, 0.1) is 5.82 Å². The van der Waals surface area contributed by atoms with Crippen LogP contribution in [0.25, 0.3) is 0 Å². The van der Waals surface area contributed by atoms with E-state index in [1.54, 1.807) is 7.05 Å². The van der Waals surface area contributed by atoms with Crippen molar-refractivity contribution in [2.75, 3.05) is 25.5 Å². The first kappa shape index (κ1) is 16.9. The summed E-state index contributed by atoms with van der Waals surface area (Å²) in [7, 11) is 1.58. The number of hydrogen-bond donors (Lipinski definition) is 3. The molecule has 0 atom stereocenters. The number of carbonyl (C=O) groups is 2. The molecule has 0 fully saturated rings. The van der Waals surface area contributed by atoms with Gasteiger partial charge < -0.3 is 20.4 Å². The van der Waals surface area contributed by atoms with Crippen molar-refractivity contribution in [3.63, 3.8) is 0 Å². The maximum Gasteiger partial charge on any atom is 0.335 e. The standard InChI is InChI=1S/C14H19FN2O4/c1-17(7-3-2-4-8-18)14(21)16-12-6-5-10(13(19)20)9-11(12)15/h5-6,9,18H,2-4,7-8H2,1H3,(H,16,21)(H,19,20). The van der Waals surface area contributed by atoms with Crippen LogP contribution >= 0.6 is 0 Å². The van der Waals surface area contributed by atoms with E-state index >= 15 is 0 Å². The Morgan fingerprint density at radius 1 is 1.29 bits per heavy atom. The van der Waals surface area contributed by atoms with E-state index in [1.165, 1.54) is 17.0 Å². The van der Waals surface area contributed by atoms with Crippen LogP contribution in [0.2, 0.25) is 0 Å². The van der Waals surface area contributed by atoms with Gasteiger partial charge in [0.25, 0.3) is 0 Å². The molecule has 0 bridgehead atoms. The smallest absolute Gasteiger partial charge is 0.335 e. The summed E-state index contributed by atoms with van der Waals surface area (Å²) in [4.78, 5) is 23.9. The van der Waals surface area contributed by atoms with Gasteiger partial charge in [0.05, 0.1) is 11.3 Å². The Morgan fingerprint density at radius 2 is 2.00 bits per heavy atom. The second-order valence-electron chi connectivity index (χ2n) is 4.64. The topological polar surface area (TPSA) is 89.9 Å². The van der Waals surface area contributed by atoms with Crippen LogP contribution in [0.1, 0.15) is 29.6 Å². The fourth-order valence-corrected chi connectivity index (χ4v) is 1.70. The van der Waals surface area contributed by atoms with Gasteiger partial charge >= 0.3 is 12.0 Å². The summed E-state index contributed by atoms with van der Waals surface area (Å²) in [6.07, 6.45) is 2.22. The number of unbranched alkanes of at least 4 members (excludes halogenated alkanes) is 2. The Labute approximate surface area is 122 Å². The van der Waals surface area contributed by atoms with Crippen molar-refractivity contribution in [3.05, 3.63) is 29.6 Å². The number of carboxylic acids is 1. The summed E-state index contributed by atoms with van der Waals surface area (Å²) < 4.78 is 13.7. The zero-order chi connectivity index (χ0) is 15.8. The maximum atomic E-state index is 13.7. The van der Waals surface area contributed by atoms with E-state index in [2.05, 4.69) is 5.32 Å². The Morgan fingerprint density at radius 3 is 2.57 bits per heavy atom. The fourth-order valence-electron chi connectivity index (χ4n) is 1.70. The van der Waals surface area contributed by atoms with Crippen molar-refractivity contribution in [1.29, 1.82) is 0 Å². The SMILES string of the molecule is CN(CCCCCO)C(=O)Nc1ccc(C(=O)O)cc1F. The molecule has 1 aromatic carbocycles. The van der Waals surface area contributed by atoms with Crippen LogP contribution in [0.5, 0.6) is 0 Å². The molecular formula is C14H19FN2O4. The van der Waals surface area contributed by atoms with E-state index in [4.69, 9.17) is 10.2 Å². The molecule has 0 spiro atoms. The number of hydrogen-bond acceptors (Lipinski definition) is 3. The summed E-state index contributed by atoms with van der Waals surface area (Å²) in [6.45, 7) is 0.609. The predicted molar refractivity (Wildman–Crippen MR) is 75.9 cm³/mol. The van der Waals surface area contributed by atoms with Crippen LogP contribution in [0.3, 0.4) is 0 Å². The zero-order valence-electron chi connectivity index (χ0n) is 11.8. The Kier molecular flexibility index (Phi) is 6.61. The largest absolute Gasteiger partial charge is 0.478 e. The number of rotatable bonds is 7. The van der Waals surface area contributed by atoms with Crippen molar-refractivity contribution in [3.8, 4) is 0 Å². The molecule has 0 aliphatic heterocycles. The molecule has 0 unspecified atom stereocenters. The van der Waals surface area contributed by atoms with Crippen LogP contribution in [-0.2, 0) is 0 Å². The molecule has 0 radical (unpaired) electrons. The average molecular weight is 298 g/mol. The molecule has 7 heteroatoms. The number of aliphatic hydroxyl groups excluding tert-OH is 1. The number of aromatic carboxylic acids is 1. The first-order chi connectivity index (χ1) is 9.95. The minimum atomic E-state index is -1.23. The van der Waals surface area contributed by atoms with Gasteiger partial charge in [-0.15, -0.1) is 0 Å². The van der Waals surface area contributed by atoms with E-state index in [1.807, 2.05) is 0 Å². The number of anilines is 1. The number of aliphatic hydroxyl groups is 1. The molecule has 6 nitrogen and oxygen atoms in total. The van der Waals surface area contributed by atoms with Crippen LogP contribution in [0.15, 0.2) is 18.2 Å². The number of benzene rings is 1. The lowest BCUT2D eigenvalue weighted by atomic mass is 10.2. The summed E-state index contributed by atoms with van der Waals surface area (Å²) in [5, 5.41) is 19.8. The predicted octanol–water partition coefficient (Wildman–Crippen LogP) is 2.15. The molecule has 3 N–H and O–H groups in total. The third-order valence-electron chi connectivity index (χ3n) is 2.96. The monoisotopic (exact) mass is 298 g/mol. The molecular weight excluding hydrogens is 279 g/mol. The molecule has 116 valence electrons. The number of halogens is 1. The Balaban J connectivity index is 2.56. The molecule has 0 aromatic heterocycles. The Bertz CT molecular complexity index is 508. The van der Waals surface area contributed by atoms with Crippen LogP contribution in [-0.4, -0.2) is 47.3 Å². The highest BCUT2D eigenvalue weighted by molar-refractivity contribution is 5.91. The zero-order valence-corrected chi connectivity index (χ0v) is 11.8. The minimum absolute atomic E-state index is 0.0628. The van der Waals surface area contributed by atoms with Gasteiger partial charge in [-0.3, -0.25) is 0 Å². The molecule has 0 heterocycles. The summed E-state index contributed by atoms with van der Waals surface area (Å²) in [5.74, 6) is -2.02. The average Bonchev–Trinajstić information content (AvgIpc) is 2.45.